The highest BCUT2D eigenvalue weighted by Crippen LogP contribution is 2.31. The van der Waals surface area contributed by atoms with E-state index in [2.05, 4.69) is 5.32 Å². The molecule has 0 saturated carbocycles. The third-order valence-corrected chi connectivity index (χ3v) is 3.34. The maximum atomic E-state index is 12.3. The first-order valence-corrected chi connectivity index (χ1v) is 6.84. The molecule has 4 nitrogen and oxygen atoms in total. The lowest BCUT2D eigenvalue weighted by atomic mass is 10.1. The second kappa shape index (κ2) is 6.80. The number of rotatable bonds is 4. The van der Waals surface area contributed by atoms with Crippen molar-refractivity contribution in [2.24, 2.45) is 0 Å². The van der Waals surface area contributed by atoms with Crippen LogP contribution in [0.1, 0.15) is 15.9 Å². The van der Waals surface area contributed by atoms with Crippen molar-refractivity contribution in [1.29, 1.82) is 0 Å². The molecular formula is C15H13Cl2NO3. The van der Waals surface area contributed by atoms with Crippen molar-refractivity contribution in [3.63, 3.8) is 0 Å². The Morgan fingerprint density at radius 1 is 1.29 bits per heavy atom. The highest BCUT2D eigenvalue weighted by Gasteiger charge is 2.16. The summed E-state index contributed by atoms with van der Waals surface area (Å²) in [5.74, 6) is -0.803. The molecule has 2 aromatic rings. The number of phenols is 1. The van der Waals surface area contributed by atoms with Gasteiger partial charge < -0.3 is 15.2 Å². The summed E-state index contributed by atoms with van der Waals surface area (Å²) >= 11 is 11.7. The number of para-hydroxylation sites is 1. The van der Waals surface area contributed by atoms with Crippen LogP contribution in [-0.4, -0.2) is 18.1 Å². The van der Waals surface area contributed by atoms with Gasteiger partial charge in [0.05, 0.1) is 17.2 Å². The van der Waals surface area contributed by atoms with E-state index in [-0.39, 0.29) is 21.4 Å². The number of phenolic OH excluding ortho intramolecular Hbond substituents is 1. The van der Waals surface area contributed by atoms with Crippen LogP contribution in [0.4, 0.5) is 5.69 Å². The molecule has 0 saturated heterocycles. The molecule has 0 heterocycles. The highest BCUT2D eigenvalue weighted by atomic mass is 35.5. The molecule has 0 aliphatic rings. The Morgan fingerprint density at radius 2 is 2.00 bits per heavy atom. The molecule has 110 valence electrons. The smallest absolute Gasteiger partial charge is 0.259 e. The van der Waals surface area contributed by atoms with Crippen molar-refractivity contribution in [3.8, 4) is 5.75 Å². The third-order valence-electron chi connectivity index (χ3n) is 2.84. The summed E-state index contributed by atoms with van der Waals surface area (Å²) in [6, 6.07) is 9.95. The average molecular weight is 326 g/mol. The zero-order valence-corrected chi connectivity index (χ0v) is 12.7. The molecule has 2 aromatic carbocycles. The summed E-state index contributed by atoms with van der Waals surface area (Å²) in [4.78, 5) is 12.3. The summed E-state index contributed by atoms with van der Waals surface area (Å²) in [5.41, 5.74) is 1.43. The molecule has 2 rings (SSSR count). The van der Waals surface area contributed by atoms with E-state index in [4.69, 9.17) is 27.9 Å². The third kappa shape index (κ3) is 3.67. The number of aromatic hydroxyl groups is 1. The van der Waals surface area contributed by atoms with Crippen molar-refractivity contribution in [3.05, 3.63) is 57.6 Å². The van der Waals surface area contributed by atoms with E-state index in [1.807, 2.05) is 12.1 Å². The highest BCUT2D eigenvalue weighted by molar-refractivity contribution is 6.36. The molecular weight excluding hydrogens is 313 g/mol. The summed E-state index contributed by atoms with van der Waals surface area (Å²) in [7, 11) is 1.57. The van der Waals surface area contributed by atoms with Gasteiger partial charge in [-0.1, -0.05) is 41.4 Å². The summed E-state index contributed by atoms with van der Waals surface area (Å²) in [6.45, 7) is 0.360. The van der Waals surface area contributed by atoms with E-state index in [9.17, 15) is 9.90 Å². The molecule has 0 aliphatic heterocycles. The van der Waals surface area contributed by atoms with Crippen LogP contribution in [0.15, 0.2) is 36.4 Å². The van der Waals surface area contributed by atoms with Gasteiger partial charge in [-0.2, -0.15) is 0 Å². The lowest BCUT2D eigenvalue weighted by Crippen LogP contribution is -2.14. The molecule has 0 atom stereocenters. The molecule has 0 bridgehead atoms. The van der Waals surface area contributed by atoms with Gasteiger partial charge in [0.1, 0.15) is 5.75 Å². The Kier molecular flexibility index (Phi) is 5.07. The number of ether oxygens (including phenoxy) is 1. The molecule has 1 amide bonds. The topological polar surface area (TPSA) is 58.6 Å². The number of benzene rings is 2. The van der Waals surface area contributed by atoms with E-state index in [1.54, 1.807) is 19.2 Å². The number of methoxy groups -OCH3 is 1. The normalized spacial score (nSPS) is 10.4. The standard InChI is InChI=1S/C15H13Cl2NO3/c1-21-8-9-4-2-3-5-13(9)18-15(20)11-6-10(16)7-12(17)14(11)19/h2-7,19H,8H2,1H3,(H,18,20). The number of carbonyl (C=O) groups is 1. The lowest BCUT2D eigenvalue weighted by molar-refractivity contribution is 0.102. The minimum absolute atomic E-state index is 0.0136. The zero-order chi connectivity index (χ0) is 15.4. The van der Waals surface area contributed by atoms with Gasteiger partial charge >= 0.3 is 0 Å². The minimum Gasteiger partial charge on any atom is -0.506 e. The van der Waals surface area contributed by atoms with E-state index in [1.165, 1.54) is 12.1 Å². The number of anilines is 1. The van der Waals surface area contributed by atoms with Gasteiger partial charge in [-0.15, -0.1) is 0 Å². The fourth-order valence-corrected chi connectivity index (χ4v) is 2.35. The van der Waals surface area contributed by atoms with Gasteiger partial charge in [-0.3, -0.25) is 4.79 Å². The Balaban J connectivity index is 2.31. The lowest BCUT2D eigenvalue weighted by Gasteiger charge is -2.12. The number of hydrogen-bond acceptors (Lipinski definition) is 3. The molecule has 0 spiro atoms. The molecule has 6 heteroatoms. The summed E-state index contributed by atoms with van der Waals surface area (Å²) in [6.07, 6.45) is 0. The molecule has 0 aliphatic carbocycles. The Bertz CT molecular complexity index is 674. The first-order valence-electron chi connectivity index (χ1n) is 6.09. The van der Waals surface area contributed by atoms with Gasteiger partial charge in [-0.05, 0) is 18.2 Å². The van der Waals surface area contributed by atoms with E-state index in [0.717, 1.165) is 5.56 Å². The fraction of sp³-hybridized carbons (Fsp3) is 0.133. The van der Waals surface area contributed by atoms with E-state index >= 15 is 0 Å². The van der Waals surface area contributed by atoms with Crippen LogP contribution >= 0.6 is 23.2 Å². The monoisotopic (exact) mass is 325 g/mol. The van der Waals surface area contributed by atoms with Crippen LogP contribution < -0.4 is 5.32 Å². The molecule has 0 aromatic heterocycles. The van der Waals surface area contributed by atoms with Crippen molar-refractivity contribution in [2.45, 2.75) is 6.61 Å². The summed E-state index contributed by atoms with van der Waals surface area (Å²) in [5, 5.41) is 12.9. The largest absolute Gasteiger partial charge is 0.506 e. The summed E-state index contributed by atoms with van der Waals surface area (Å²) < 4.78 is 5.07. The van der Waals surface area contributed by atoms with Crippen LogP contribution in [0.25, 0.3) is 0 Å². The first kappa shape index (κ1) is 15.6. The maximum absolute atomic E-state index is 12.3. The predicted molar refractivity (Wildman–Crippen MR) is 83.2 cm³/mol. The number of nitrogens with one attached hydrogen (secondary N) is 1. The maximum Gasteiger partial charge on any atom is 0.259 e. The van der Waals surface area contributed by atoms with Crippen molar-refractivity contribution < 1.29 is 14.6 Å². The van der Waals surface area contributed by atoms with Gasteiger partial charge in [0.2, 0.25) is 0 Å². The van der Waals surface area contributed by atoms with Crippen LogP contribution in [0.3, 0.4) is 0 Å². The zero-order valence-electron chi connectivity index (χ0n) is 11.2. The van der Waals surface area contributed by atoms with Crippen molar-refractivity contribution in [1.82, 2.24) is 0 Å². The molecule has 21 heavy (non-hydrogen) atoms. The predicted octanol–water partition coefficient (Wildman–Crippen LogP) is 4.10. The second-order valence-corrected chi connectivity index (χ2v) is 5.17. The molecule has 2 N–H and O–H groups in total. The Hall–Kier alpha value is -1.75. The Morgan fingerprint density at radius 3 is 2.71 bits per heavy atom. The molecule has 0 unspecified atom stereocenters. The average Bonchev–Trinajstić information content (AvgIpc) is 2.45. The van der Waals surface area contributed by atoms with Crippen LogP contribution in [0, 0.1) is 0 Å². The quantitative estimate of drug-likeness (QED) is 0.889. The van der Waals surface area contributed by atoms with Crippen LogP contribution in [-0.2, 0) is 11.3 Å². The van der Waals surface area contributed by atoms with Gasteiger partial charge in [0.15, 0.2) is 0 Å². The van der Waals surface area contributed by atoms with Crippen molar-refractivity contribution >= 4 is 34.8 Å². The first-order chi connectivity index (χ1) is 10.0. The second-order valence-electron chi connectivity index (χ2n) is 4.33. The molecule has 0 fully saturated rings. The minimum atomic E-state index is -0.500. The number of amides is 1. The van der Waals surface area contributed by atoms with Crippen LogP contribution in [0.2, 0.25) is 10.0 Å². The SMILES string of the molecule is COCc1ccccc1NC(=O)c1cc(Cl)cc(Cl)c1O. The van der Waals surface area contributed by atoms with Gasteiger partial charge in [0.25, 0.3) is 5.91 Å². The molecule has 0 radical (unpaired) electrons. The van der Waals surface area contributed by atoms with Gasteiger partial charge in [-0.25, -0.2) is 0 Å². The van der Waals surface area contributed by atoms with Gasteiger partial charge in [0, 0.05) is 23.4 Å². The Labute approximate surface area is 132 Å². The number of hydrogen-bond donors (Lipinski definition) is 2. The van der Waals surface area contributed by atoms with Crippen LogP contribution in [0.5, 0.6) is 5.75 Å². The van der Waals surface area contributed by atoms with E-state index < -0.39 is 5.91 Å². The van der Waals surface area contributed by atoms with E-state index in [0.29, 0.717) is 12.3 Å². The van der Waals surface area contributed by atoms with Crippen molar-refractivity contribution in [2.75, 3.05) is 12.4 Å². The number of carbonyl (C=O) groups excluding carboxylic acids is 1. The number of halogens is 2. The fourth-order valence-electron chi connectivity index (χ4n) is 1.85.